The lowest BCUT2D eigenvalue weighted by atomic mass is 10.1. The van der Waals surface area contributed by atoms with E-state index in [-0.39, 0.29) is 42.6 Å². The SMILES string of the molecule is CCCCCCc1nc(C)c2c(=O)[nH]c(-c3cc(S(=O)(=O)N4CCC(=NP(=O)(OCC)OCC)CC4)ccc3OCC)nn12. The average molecular weight is 651 g/mol. The Hall–Kier alpha value is -2.90. The van der Waals surface area contributed by atoms with Gasteiger partial charge in [0.05, 0.1) is 36.0 Å². The molecule has 44 heavy (non-hydrogen) atoms. The molecule has 1 N–H and O–H groups in total. The molecule has 242 valence electrons. The maximum atomic E-state index is 13.8. The third-order valence-electron chi connectivity index (χ3n) is 7.29. The maximum Gasteiger partial charge on any atom is 0.453 e. The lowest BCUT2D eigenvalue weighted by Gasteiger charge is -2.27. The summed E-state index contributed by atoms with van der Waals surface area (Å²) in [5, 5.41) is 4.72. The Morgan fingerprint density at radius 1 is 1.02 bits per heavy atom. The van der Waals surface area contributed by atoms with E-state index in [1.165, 1.54) is 16.4 Å². The zero-order valence-electron chi connectivity index (χ0n) is 26.2. The van der Waals surface area contributed by atoms with Crippen molar-refractivity contribution < 1.29 is 26.8 Å². The molecule has 1 aliphatic rings. The second-order valence-electron chi connectivity index (χ2n) is 10.5. The molecule has 0 spiro atoms. The molecule has 0 saturated carbocycles. The van der Waals surface area contributed by atoms with E-state index in [1.807, 2.05) is 6.92 Å². The highest BCUT2D eigenvalue weighted by Gasteiger charge is 2.31. The number of sulfonamides is 1. The minimum Gasteiger partial charge on any atom is -0.493 e. The number of benzene rings is 1. The number of fused-ring (bicyclic) bond motifs is 1. The van der Waals surface area contributed by atoms with Gasteiger partial charge in [0.1, 0.15) is 11.6 Å². The monoisotopic (exact) mass is 650 g/mol. The van der Waals surface area contributed by atoms with E-state index in [4.69, 9.17) is 18.9 Å². The van der Waals surface area contributed by atoms with Gasteiger partial charge in [0.25, 0.3) is 5.56 Å². The van der Waals surface area contributed by atoms with Gasteiger partial charge in [-0.1, -0.05) is 26.2 Å². The van der Waals surface area contributed by atoms with Crippen LogP contribution in [0.3, 0.4) is 0 Å². The number of piperidine rings is 1. The number of aromatic nitrogens is 4. The Morgan fingerprint density at radius 3 is 2.36 bits per heavy atom. The highest BCUT2D eigenvalue weighted by molar-refractivity contribution is 7.89. The molecule has 0 amide bonds. The second-order valence-corrected chi connectivity index (χ2v) is 14.0. The molecular weight excluding hydrogens is 607 g/mol. The molecule has 15 heteroatoms. The van der Waals surface area contributed by atoms with Crippen LogP contribution in [0.15, 0.2) is 32.7 Å². The summed E-state index contributed by atoms with van der Waals surface area (Å²) in [4.78, 5) is 20.7. The van der Waals surface area contributed by atoms with Crippen LogP contribution in [0.4, 0.5) is 0 Å². The number of rotatable bonds is 15. The van der Waals surface area contributed by atoms with E-state index in [2.05, 4.69) is 21.7 Å². The second kappa shape index (κ2) is 14.9. The largest absolute Gasteiger partial charge is 0.493 e. The van der Waals surface area contributed by atoms with Gasteiger partial charge in [-0.2, -0.15) is 9.07 Å². The zero-order valence-corrected chi connectivity index (χ0v) is 27.9. The topological polar surface area (TPSA) is 158 Å². The van der Waals surface area contributed by atoms with Gasteiger partial charge in [-0.05, 0) is 65.2 Å². The van der Waals surface area contributed by atoms with Crippen LogP contribution in [0.1, 0.15) is 77.7 Å². The summed E-state index contributed by atoms with van der Waals surface area (Å²) in [5.41, 5.74) is 1.53. The molecule has 0 unspecified atom stereocenters. The summed E-state index contributed by atoms with van der Waals surface area (Å²) in [6, 6.07) is 4.55. The minimum atomic E-state index is -3.93. The fourth-order valence-electron chi connectivity index (χ4n) is 5.19. The van der Waals surface area contributed by atoms with Crippen LogP contribution in [0, 0.1) is 6.92 Å². The molecule has 3 aromatic rings. The van der Waals surface area contributed by atoms with Crippen molar-refractivity contribution in [3.05, 3.63) is 40.1 Å². The number of hydrogen-bond donors (Lipinski definition) is 1. The van der Waals surface area contributed by atoms with E-state index in [9.17, 15) is 17.8 Å². The first-order valence-corrected chi connectivity index (χ1v) is 18.2. The predicted octanol–water partition coefficient (Wildman–Crippen LogP) is 5.32. The first-order chi connectivity index (χ1) is 21.1. The number of ether oxygens (including phenoxy) is 1. The van der Waals surface area contributed by atoms with Gasteiger partial charge in [-0.15, -0.1) is 5.10 Å². The number of imidazole rings is 1. The Kier molecular flexibility index (Phi) is 11.5. The molecule has 1 aromatic carbocycles. The average Bonchev–Trinajstić information content (AvgIpc) is 3.31. The third-order valence-corrected chi connectivity index (χ3v) is 10.9. The van der Waals surface area contributed by atoms with Crippen molar-refractivity contribution in [3.63, 3.8) is 0 Å². The summed E-state index contributed by atoms with van der Waals surface area (Å²) in [7, 11) is -7.56. The quantitative estimate of drug-likeness (QED) is 0.170. The van der Waals surface area contributed by atoms with Crippen molar-refractivity contribution in [2.75, 3.05) is 32.9 Å². The summed E-state index contributed by atoms with van der Waals surface area (Å²) in [6.45, 7) is 10.2. The number of hydrogen-bond acceptors (Lipinski definition) is 9. The Morgan fingerprint density at radius 2 is 1.73 bits per heavy atom. The highest BCUT2D eigenvalue weighted by atomic mass is 32.2. The Bertz CT molecular complexity index is 1680. The van der Waals surface area contributed by atoms with E-state index in [0.29, 0.717) is 59.9 Å². The molecule has 0 radical (unpaired) electrons. The van der Waals surface area contributed by atoms with E-state index < -0.39 is 17.8 Å². The Labute approximate surface area is 258 Å². The van der Waals surface area contributed by atoms with Gasteiger partial charge in [0, 0.05) is 25.2 Å². The summed E-state index contributed by atoms with van der Waals surface area (Å²) < 4.78 is 63.9. The molecule has 4 rings (SSSR count). The van der Waals surface area contributed by atoms with Gasteiger partial charge >= 0.3 is 7.75 Å². The lowest BCUT2D eigenvalue weighted by Crippen LogP contribution is -2.38. The van der Waals surface area contributed by atoms with Crippen LogP contribution in [0.25, 0.3) is 16.9 Å². The number of unbranched alkanes of at least 4 members (excludes halogenated alkanes) is 3. The maximum absolute atomic E-state index is 13.8. The number of nitrogens with one attached hydrogen (secondary N) is 1. The molecule has 0 bridgehead atoms. The number of nitrogens with zero attached hydrogens (tertiary/aromatic N) is 5. The van der Waals surface area contributed by atoms with Crippen molar-refractivity contribution in [2.24, 2.45) is 4.76 Å². The third kappa shape index (κ3) is 7.66. The fraction of sp³-hybridized carbons (Fsp3) is 0.586. The lowest BCUT2D eigenvalue weighted by molar-refractivity contribution is 0.221. The predicted molar refractivity (Wildman–Crippen MR) is 169 cm³/mol. The van der Waals surface area contributed by atoms with Crippen molar-refractivity contribution in [1.29, 1.82) is 0 Å². The van der Waals surface area contributed by atoms with Crippen LogP contribution in [-0.4, -0.2) is 70.9 Å². The standard InChI is InChI=1S/C29H43N6O7PS/c1-6-10-11-12-13-26-30-21(5)27-29(36)31-28(32-35(26)27)24-20-23(14-15-25(24)40-7-2)44(38,39)34-18-16-22(17-19-34)33-43(37,41-8-3)42-9-4/h14-15,20H,6-13,16-19H2,1-5H3,(H,31,32,36). The summed E-state index contributed by atoms with van der Waals surface area (Å²) >= 11 is 0. The van der Waals surface area contributed by atoms with Gasteiger partial charge < -0.3 is 9.72 Å². The van der Waals surface area contributed by atoms with Gasteiger partial charge in [-0.25, -0.2) is 22.5 Å². The van der Waals surface area contributed by atoms with E-state index in [0.717, 1.165) is 25.7 Å². The summed E-state index contributed by atoms with van der Waals surface area (Å²) in [5.74, 6) is 1.27. The number of H-pyrrole nitrogens is 1. The normalized spacial score (nSPS) is 14.8. The van der Waals surface area contributed by atoms with Crippen molar-refractivity contribution in [3.8, 4) is 17.1 Å². The van der Waals surface area contributed by atoms with Crippen LogP contribution < -0.4 is 10.3 Å². The molecule has 2 aromatic heterocycles. The van der Waals surface area contributed by atoms with Crippen molar-refractivity contribution in [1.82, 2.24) is 23.9 Å². The zero-order chi connectivity index (χ0) is 31.9. The first kappa shape index (κ1) is 34.0. The molecule has 1 saturated heterocycles. The molecular formula is C29H43N6O7PS. The van der Waals surface area contributed by atoms with Gasteiger partial charge in [-0.3, -0.25) is 13.8 Å². The van der Waals surface area contributed by atoms with Crippen molar-refractivity contribution >= 4 is 29.0 Å². The molecule has 0 atom stereocenters. The minimum absolute atomic E-state index is 0.0370. The van der Waals surface area contributed by atoms with E-state index >= 15 is 0 Å². The first-order valence-electron chi connectivity index (χ1n) is 15.3. The van der Waals surface area contributed by atoms with Crippen LogP contribution in [0.2, 0.25) is 0 Å². The van der Waals surface area contributed by atoms with Crippen LogP contribution >= 0.6 is 7.75 Å². The van der Waals surface area contributed by atoms with Crippen LogP contribution in [-0.2, 0) is 30.1 Å². The highest BCUT2D eigenvalue weighted by Crippen LogP contribution is 2.50. The molecule has 13 nitrogen and oxygen atoms in total. The summed E-state index contributed by atoms with van der Waals surface area (Å²) in [6.07, 6.45) is 5.45. The van der Waals surface area contributed by atoms with Crippen LogP contribution in [0.5, 0.6) is 5.75 Å². The molecule has 1 aliphatic heterocycles. The number of aryl methyl sites for hydroxylation is 2. The molecule has 3 heterocycles. The fourth-order valence-corrected chi connectivity index (χ4v) is 8.05. The van der Waals surface area contributed by atoms with Gasteiger partial charge in [0.2, 0.25) is 10.0 Å². The smallest absolute Gasteiger partial charge is 0.453 e. The van der Waals surface area contributed by atoms with E-state index in [1.54, 1.807) is 31.4 Å². The van der Waals surface area contributed by atoms with Gasteiger partial charge in [0.15, 0.2) is 11.3 Å². The number of aromatic amines is 1. The molecule has 0 aliphatic carbocycles. The Balaban J connectivity index is 1.66. The van der Waals surface area contributed by atoms with Crippen molar-refractivity contribution in [2.45, 2.75) is 84.5 Å². The molecule has 1 fully saturated rings.